The molecule has 4 rings (SSSR count). The van der Waals surface area contributed by atoms with Crippen LogP contribution in [0.3, 0.4) is 0 Å². The zero-order valence-corrected chi connectivity index (χ0v) is 18.8. The molecule has 7 nitrogen and oxygen atoms in total. The second kappa shape index (κ2) is 9.43. The summed E-state index contributed by atoms with van der Waals surface area (Å²) in [6.07, 6.45) is 1.73. The molecule has 1 amide bonds. The van der Waals surface area contributed by atoms with E-state index < -0.39 is 15.9 Å². The minimum atomic E-state index is -3.52. The Kier molecular flexibility index (Phi) is 6.65. The van der Waals surface area contributed by atoms with Gasteiger partial charge in [0.2, 0.25) is 15.2 Å². The van der Waals surface area contributed by atoms with E-state index in [-0.39, 0.29) is 10.7 Å². The Labute approximate surface area is 187 Å². The van der Waals surface area contributed by atoms with Crippen molar-refractivity contribution in [2.45, 2.75) is 27.8 Å². The maximum atomic E-state index is 13.7. The molecule has 2 aromatic carbocycles. The fraction of sp³-hybridized carbons (Fsp3) is 0.250. The average Bonchev–Trinajstić information content (AvgIpc) is 3.46. The molecule has 0 saturated carbocycles. The molecule has 3 aromatic rings. The number of thioether (sulfide) groups is 1. The van der Waals surface area contributed by atoms with Crippen molar-refractivity contribution < 1.29 is 17.6 Å². The summed E-state index contributed by atoms with van der Waals surface area (Å²) in [6.45, 7) is 1.05. The Morgan fingerprint density at radius 1 is 1.10 bits per heavy atom. The van der Waals surface area contributed by atoms with E-state index in [1.54, 1.807) is 18.2 Å². The van der Waals surface area contributed by atoms with Gasteiger partial charge < -0.3 is 0 Å². The number of halogens is 1. The highest BCUT2D eigenvalue weighted by Gasteiger charge is 2.27. The molecule has 0 unspecified atom stereocenters. The second-order valence-electron chi connectivity index (χ2n) is 6.84. The van der Waals surface area contributed by atoms with Crippen LogP contribution in [0.2, 0.25) is 0 Å². The van der Waals surface area contributed by atoms with Gasteiger partial charge in [0.15, 0.2) is 4.34 Å². The number of rotatable bonds is 7. The first-order chi connectivity index (χ1) is 14.9. The summed E-state index contributed by atoms with van der Waals surface area (Å²) in [5.41, 5.74) is 0.883. The first-order valence-electron chi connectivity index (χ1n) is 9.55. The van der Waals surface area contributed by atoms with Gasteiger partial charge in [-0.3, -0.25) is 10.1 Å². The molecular weight excluding hydrogens is 459 g/mol. The quantitative estimate of drug-likeness (QED) is 0.408. The number of benzene rings is 2. The predicted octanol–water partition coefficient (Wildman–Crippen LogP) is 4.01. The monoisotopic (exact) mass is 478 g/mol. The summed E-state index contributed by atoms with van der Waals surface area (Å²) in [7, 11) is -3.52. The van der Waals surface area contributed by atoms with Crippen molar-refractivity contribution in [2.24, 2.45) is 0 Å². The third-order valence-corrected chi connectivity index (χ3v) is 8.69. The molecule has 0 atom stereocenters. The minimum absolute atomic E-state index is 0.175. The fourth-order valence-electron chi connectivity index (χ4n) is 3.10. The van der Waals surface area contributed by atoms with E-state index in [0.29, 0.717) is 39.4 Å². The molecule has 1 fully saturated rings. The summed E-state index contributed by atoms with van der Waals surface area (Å²) < 4.78 is 40.9. The number of carbonyl (C=O) groups excluding carboxylic acids is 1. The molecule has 31 heavy (non-hydrogen) atoms. The Morgan fingerprint density at radius 3 is 2.52 bits per heavy atom. The number of aromatic nitrogens is 2. The van der Waals surface area contributed by atoms with E-state index in [9.17, 15) is 17.6 Å². The normalized spacial score (nSPS) is 14.6. The number of hydrogen-bond donors (Lipinski definition) is 1. The summed E-state index contributed by atoms with van der Waals surface area (Å²) in [5, 5.41) is 10.9. The van der Waals surface area contributed by atoms with Crippen molar-refractivity contribution in [3.05, 3.63) is 65.5 Å². The lowest BCUT2D eigenvalue weighted by Gasteiger charge is -2.15. The molecule has 0 spiro atoms. The number of anilines is 1. The molecule has 11 heteroatoms. The van der Waals surface area contributed by atoms with Crippen molar-refractivity contribution in [1.29, 1.82) is 0 Å². The lowest BCUT2D eigenvalue weighted by atomic mass is 10.2. The van der Waals surface area contributed by atoms with E-state index in [2.05, 4.69) is 15.5 Å². The SMILES string of the molecule is O=C(Nc1nnc(SCc2ccccc2F)s1)c1ccc(S(=O)(=O)N2CCCC2)cc1. The molecule has 1 aromatic heterocycles. The van der Waals surface area contributed by atoms with Crippen LogP contribution in [0.15, 0.2) is 57.8 Å². The topological polar surface area (TPSA) is 92.3 Å². The average molecular weight is 479 g/mol. The van der Waals surface area contributed by atoms with Crippen LogP contribution < -0.4 is 5.32 Å². The van der Waals surface area contributed by atoms with E-state index in [1.165, 1.54) is 57.7 Å². The highest BCUT2D eigenvalue weighted by atomic mass is 32.2. The lowest BCUT2D eigenvalue weighted by molar-refractivity contribution is 0.102. The van der Waals surface area contributed by atoms with Gasteiger partial charge in [0.25, 0.3) is 5.91 Å². The maximum absolute atomic E-state index is 13.7. The first kappa shape index (κ1) is 21.9. The van der Waals surface area contributed by atoms with Crippen molar-refractivity contribution in [1.82, 2.24) is 14.5 Å². The fourth-order valence-corrected chi connectivity index (χ4v) is 6.35. The molecule has 1 aliphatic heterocycles. The molecule has 0 aliphatic carbocycles. The Hall–Kier alpha value is -2.34. The molecular formula is C20H19FN4O3S3. The number of sulfonamides is 1. The third kappa shape index (κ3) is 5.12. The molecule has 0 bridgehead atoms. The van der Waals surface area contributed by atoms with Crippen molar-refractivity contribution in [2.75, 3.05) is 18.4 Å². The van der Waals surface area contributed by atoms with Gasteiger partial charge in [0.1, 0.15) is 5.82 Å². The maximum Gasteiger partial charge on any atom is 0.257 e. The van der Waals surface area contributed by atoms with Gasteiger partial charge in [0, 0.05) is 24.4 Å². The Morgan fingerprint density at radius 2 is 1.81 bits per heavy atom. The Bertz CT molecular complexity index is 1180. The zero-order valence-electron chi connectivity index (χ0n) is 16.3. The zero-order chi connectivity index (χ0) is 21.8. The van der Waals surface area contributed by atoms with Crippen LogP contribution in [-0.2, 0) is 15.8 Å². The predicted molar refractivity (Wildman–Crippen MR) is 118 cm³/mol. The van der Waals surface area contributed by atoms with E-state index in [4.69, 9.17) is 0 Å². The molecule has 0 radical (unpaired) electrons. The largest absolute Gasteiger partial charge is 0.296 e. The van der Waals surface area contributed by atoms with E-state index in [1.807, 2.05) is 0 Å². The summed E-state index contributed by atoms with van der Waals surface area (Å²) in [4.78, 5) is 12.7. The van der Waals surface area contributed by atoms with Crippen LogP contribution in [0, 0.1) is 5.82 Å². The van der Waals surface area contributed by atoms with Crippen LogP contribution in [0.4, 0.5) is 9.52 Å². The van der Waals surface area contributed by atoms with Crippen LogP contribution in [0.5, 0.6) is 0 Å². The first-order valence-corrected chi connectivity index (χ1v) is 12.8. The summed E-state index contributed by atoms with van der Waals surface area (Å²) in [6, 6.07) is 12.4. The standard InChI is InChI=1S/C20H19FN4O3S3/c21-17-6-2-1-5-15(17)13-29-20-24-23-19(30-20)22-18(26)14-7-9-16(10-8-14)31(27,28)25-11-3-4-12-25/h1-2,5-10H,3-4,11-13H2,(H,22,23,26). The van der Waals surface area contributed by atoms with Crippen molar-refractivity contribution in [3.63, 3.8) is 0 Å². The smallest absolute Gasteiger partial charge is 0.257 e. The van der Waals surface area contributed by atoms with Gasteiger partial charge in [0.05, 0.1) is 4.90 Å². The van der Waals surface area contributed by atoms with Gasteiger partial charge >= 0.3 is 0 Å². The molecule has 1 aliphatic rings. The van der Waals surface area contributed by atoms with Gasteiger partial charge in [-0.1, -0.05) is 41.3 Å². The van der Waals surface area contributed by atoms with Crippen LogP contribution in [0.1, 0.15) is 28.8 Å². The number of nitrogens with one attached hydrogen (secondary N) is 1. The lowest BCUT2D eigenvalue weighted by Crippen LogP contribution is -2.27. The van der Waals surface area contributed by atoms with Crippen molar-refractivity contribution in [3.8, 4) is 0 Å². The van der Waals surface area contributed by atoms with Gasteiger partial charge in [-0.25, -0.2) is 12.8 Å². The number of nitrogens with zero attached hydrogens (tertiary/aromatic N) is 3. The van der Waals surface area contributed by atoms with Crippen LogP contribution in [0.25, 0.3) is 0 Å². The Balaban J connectivity index is 1.37. The second-order valence-corrected chi connectivity index (χ2v) is 11.0. The highest BCUT2D eigenvalue weighted by Crippen LogP contribution is 2.29. The molecule has 1 saturated heterocycles. The molecule has 162 valence electrons. The van der Waals surface area contributed by atoms with Crippen molar-refractivity contribution >= 4 is 44.2 Å². The third-order valence-electron chi connectivity index (χ3n) is 4.76. The van der Waals surface area contributed by atoms with E-state index >= 15 is 0 Å². The highest BCUT2D eigenvalue weighted by molar-refractivity contribution is 8.00. The number of carbonyl (C=O) groups is 1. The number of amides is 1. The minimum Gasteiger partial charge on any atom is -0.296 e. The van der Waals surface area contributed by atoms with Crippen LogP contribution >= 0.6 is 23.1 Å². The summed E-state index contributed by atoms with van der Waals surface area (Å²) >= 11 is 2.52. The van der Waals surface area contributed by atoms with Gasteiger partial charge in [-0.05, 0) is 48.7 Å². The summed E-state index contributed by atoms with van der Waals surface area (Å²) in [5.74, 6) is -0.280. The van der Waals surface area contributed by atoms with Gasteiger partial charge in [-0.15, -0.1) is 10.2 Å². The molecule has 2 heterocycles. The van der Waals surface area contributed by atoms with Gasteiger partial charge in [-0.2, -0.15) is 4.31 Å². The van der Waals surface area contributed by atoms with Crippen LogP contribution in [-0.4, -0.2) is 41.9 Å². The van der Waals surface area contributed by atoms with E-state index in [0.717, 1.165) is 12.8 Å². The molecule has 1 N–H and O–H groups in total. The number of hydrogen-bond acceptors (Lipinski definition) is 7.